The lowest BCUT2D eigenvalue weighted by Crippen LogP contribution is -2.16. The highest BCUT2D eigenvalue weighted by Crippen LogP contribution is 2.52. The van der Waals surface area contributed by atoms with E-state index in [9.17, 15) is 0 Å². The smallest absolute Gasteiger partial charge is 0.143 e. The van der Waals surface area contributed by atoms with Crippen LogP contribution < -0.4 is 4.90 Å². The number of para-hydroxylation sites is 2. The Morgan fingerprint density at radius 2 is 1.02 bits per heavy atom. The molecule has 7 aromatic carbocycles. The van der Waals surface area contributed by atoms with Crippen LogP contribution in [-0.4, -0.2) is 0 Å². The normalized spacial score (nSPS) is 13.6. The first-order chi connectivity index (χ1) is 22.6. The van der Waals surface area contributed by atoms with Crippen molar-refractivity contribution in [3.8, 4) is 11.1 Å². The molecule has 0 aliphatic heterocycles. The van der Waals surface area contributed by atoms with E-state index in [1.165, 1.54) is 22.3 Å². The van der Waals surface area contributed by atoms with E-state index in [-0.39, 0.29) is 5.41 Å². The van der Waals surface area contributed by atoms with Crippen molar-refractivity contribution >= 4 is 71.7 Å². The molecule has 0 atom stereocenters. The van der Waals surface area contributed by atoms with Gasteiger partial charge >= 0.3 is 0 Å². The third kappa shape index (κ3) is 3.43. The Morgan fingerprint density at radius 1 is 0.435 bits per heavy atom. The molecular weight excluding hydrogens is 562 g/mol. The van der Waals surface area contributed by atoms with E-state index < -0.39 is 0 Å². The second kappa shape index (κ2) is 9.12. The van der Waals surface area contributed by atoms with Gasteiger partial charge in [0.05, 0.1) is 5.69 Å². The van der Waals surface area contributed by atoms with E-state index in [0.29, 0.717) is 0 Å². The molecule has 0 saturated heterocycles. The van der Waals surface area contributed by atoms with E-state index >= 15 is 0 Å². The third-order valence-corrected chi connectivity index (χ3v) is 10.0. The van der Waals surface area contributed by atoms with Gasteiger partial charge in [-0.3, -0.25) is 0 Å². The molecule has 0 fully saturated rings. The van der Waals surface area contributed by atoms with Gasteiger partial charge in [-0.2, -0.15) is 0 Å². The van der Waals surface area contributed by atoms with Gasteiger partial charge in [0.15, 0.2) is 0 Å². The van der Waals surface area contributed by atoms with Crippen LogP contribution in [0.25, 0.3) is 65.8 Å². The maximum atomic E-state index is 6.49. The summed E-state index contributed by atoms with van der Waals surface area (Å²) in [5.74, 6) is 0. The molecule has 3 nitrogen and oxygen atoms in total. The van der Waals surface area contributed by atoms with Crippen molar-refractivity contribution in [2.75, 3.05) is 4.90 Å². The maximum absolute atomic E-state index is 6.49. The summed E-state index contributed by atoms with van der Waals surface area (Å²) < 4.78 is 12.9. The summed E-state index contributed by atoms with van der Waals surface area (Å²) in [6, 6.07) is 49.9. The molecule has 0 N–H and O–H groups in total. The number of hydrogen-bond acceptors (Lipinski definition) is 3. The molecule has 1 aliphatic carbocycles. The minimum atomic E-state index is -0.122. The lowest BCUT2D eigenvalue weighted by Gasteiger charge is -2.29. The Kier molecular flexibility index (Phi) is 5.06. The van der Waals surface area contributed by atoms with E-state index in [1.54, 1.807) is 0 Å². The van der Waals surface area contributed by atoms with Crippen LogP contribution in [0.1, 0.15) is 25.0 Å². The van der Waals surface area contributed by atoms with Crippen molar-refractivity contribution in [1.82, 2.24) is 0 Å². The number of hydrogen-bond donors (Lipinski definition) is 0. The first-order valence-electron chi connectivity index (χ1n) is 15.9. The van der Waals surface area contributed by atoms with Crippen LogP contribution in [0.3, 0.4) is 0 Å². The average molecular weight is 592 g/mol. The number of rotatable bonds is 3. The SMILES string of the molecule is CC1(C)c2ccccc2-c2ccc(N(c3ccc4c(c3)oc3ccccc34)c3cc4c5ccccc5oc4c4ccccc34)cc21. The summed E-state index contributed by atoms with van der Waals surface area (Å²) in [4.78, 5) is 2.40. The van der Waals surface area contributed by atoms with Crippen LogP contribution in [-0.2, 0) is 5.41 Å². The quantitative estimate of drug-likeness (QED) is 0.205. The number of benzene rings is 7. The van der Waals surface area contributed by atoms with Crippen LogP contribution in [0.5, 0.6) is 0 Å². The Morgan fingerprint density at radius 3 is 1.85 bits per heavy atom. The van der Waals surface area contributed by atoms with Crippen molar-refractivity contribution in [1.29, 1.82) is 0 Å². The molecule has 3 heteroatoms. The number of fused-ring (bicyclic) bond motifs is 11. The zero-order valence-electron chi connectivity index (χ0n) is 25.5. The molecule has 0 bridgehead atoms. The molecule has 10 rings (SSSR count). The molecule has 0 amide bonds. The predicted octanol–water partition coefficient (Wildman–Crippen LogP) is 12.4. The highest BCUT2D eigenvalue weighted by Gasteiger charge is 2.36. The first kappa shape index (κ1) is 25.5. The summed E-state index contributed by atoms with van der Waals surface area (Å²) in [5.41, 5.74) is 12.0. The fraction of sp³-hybridized carbons (Fsp3) is 0.0698. The van der Waals surface area contributed by atoms with Gasteiger partial charge in [-0.05, 0) is 64.7 Å². The van der Waals surface area contributed by atoms with Gasteiger partial charge in [0.25, 0.3) is 0 Å². The highest BCUT2D eigenvalue weighted by molar-refractivity contribution is 6.20. The Balaban J connectivity index is 1.29. The van der Waals surface area contributed by atoms with Crippen LogP contribution >= 0.6 is 0 Å². The summed E-state index contributed by atoms with van der Waals surface area (Å²) in [5, 5.41) is 6.68. The van der Waals surface area contributed by atoms with Gasteiger partial charge in [0.1, 0.15) is 22.3 Å². The molecule has 0 spiro atoms. The monoisotopic (exact) mass is 591 g/mol. The summed E-state index contributed by atoms with van der Waals surface area (Å²) >= 11 is 0. The van der Waals surface area contributed by atoms with Crippen LogP contribution in [0.4, 0.5) is 17.1 Å². The lowest BCUT2D eigenvalue weighted by molar-refractivity contribution is 0.660. The molecular formula is C43H29NO2. The second-order valence-electron chi connectivity index (χ2n) is 12.9. The molecule has 2 heterocycles. The van der Waals surface area contributed by atoms with Gasteiger partial charge in [-0.25, -0.2) is 0 Å². The number of anilines is 3. The van der Waals surface area contributed by atoms with Crippen molar-refractivity contribution in [2.45, 2.75) is 19.3 Å². The van der Waals surface area contributed by atoms with Crippen LogP contribution in [0, 0.1) is 0 Å². The Labute approximate surface area is 265 Å². The van der Waals surface area contributed by atoms with E-state index in [2.05, 4.69) is 140 Å². The first-order valence-corrected chi connectivity index (χ1v) is 15.9. The molecule has 0 unspecified atom stereocenters. The summed E-state index contributed by atoms with van der Waals surface area (Å²) in [6.07, 6.45) is 0. The fourth-order valence-corrected chi connectivity index (χ4v) is 7.82. The van der Waals surface area contributed by atoms with Crippen molar-refractivity contribution in [3.05, 3.63) is 151 Å². The van der Waals surface area contributed by atoms with Crippen molar-refractivity contribution in [3.63, 3.8) is 0 Å². The summed E-state index contributed by atoms with van der Waals surface area (Å²) in [6.45, 7) is 4.68. The largest absolute Gasteiger partial charge is 0.456 e. The van der Waals surface area contributed by atoms with E-state index in [1.807, 2.05) is 18.2 Å². The number of furan rings is 2. The Hall–Kier alpha value is -5.80. The van der Waals surface area contributed by atoms with Crippen molar-refractivity contribution < 1.29 is 8.83 Å². The van der Waals surface area contributed by atoms with Crippen LogP contribution in [0.2, 0.25) is 0 Å². The minimum absolute atomic E-state index is 0.122. The zero-order chi connectivity index (χ0) is 30.6. The Bertz CT molecular complexity index is 2690. The fourth-order valence-electron chi connectivity index (χ4n) is 7.82. The molecule has 9 aromatic rings. The van der Waals surface area contributed by atoms with Gasteiger partial charge in [-0.1, -0.05) is 105 Å². The van der Waals surface area contributed by atoms with Gasteiger partial charge in [-0.15, -0.1) is 0 Å². The molecule has 1 aliphatic rings. The zero-order valence-corrected chi connectivity index (χ0v) is 25.5. The molecule has 2 aromatic heterocycles. The molecule has 0 radical (unpaired) electrons. The average Bonchev–Trinajstić information content (AvgIpc) is 3.73. The second-order valence-corrected chi connectivity index (χ2v) is 12.9. The minimum Gasteiger partial charge on any atom is -0.456 e. The van der Waals surface area contributed by atoms with Crippen molar-refractivity contribution in [2.24, 2.45) is 0 Å². The summed E-state index contributed by atoms with van der Waals surface area (Å²) in [7, 11) is 0. The lowest BCUT2D eigenvalue weighted by atomic mass is 9.82. The van der Waals surface area contributed by atoms with Gasteiger partial charge < -0.3 is 13.7 Å². The molecule has 46 heavy (non-hydrogen) atoms. The standard InChI is InChI=1S/C43H29NO2/c1-43(2)36-16-8-5-11-28(36)29-21-19-26(23-37(29)43)44(27-20-22-33-31-13-6-9-17-39(31)45-41(33)24-27)38-25-35-32-14-7-10-18-40(32)46-42(35)34-15-4-3-12-30(34)38/h3-25H,1-2H3. The number of nitrogens with zero attached hydrogens (tertiary/aromatic N) is 1. The van der Waals surface area contributed by atoms with E-state index in [0.717, 1.165) is 71.7 Å². The van der Waals surface area contributed by atoms with Crippen LogP contribution in [0.15, 0.2) is 148 Å². The van der Waals surface area contributed by atoms with E-state index in [4.69, 9.17) is 8.83 Å². The van der Waals surface area contributed by atoms with Gasteiger partial charge in [0, 0.05) is 55.2 Å². The third-order valence-electron chi connectivity index (χ3n) is 10.0. The van der Waals surface area contributed by atoms with Gasteiger partial charge in [0.2, 0.25) is 0 Å². The maximum Gasteiger partial charge on any atom is 0.143 e. The highest BCUT2D eigenvalue weighted by atomic mass is 16.3. The topological polar surface area (TPSA) is 29.5 Å². The predicted molar refractivity (Wildman–Crippen MR) is 191 cm³/mol. The molecule has 218 valence electrons. The molecule has 0 saturated carbocycles.